The standard InChI is InChI=1S/C15H24N2/c1-12-6-9-17(10-7-12)15-4-3-14(5-8-16)13(2)11-15/h3-4,11-12H,5-10,16H2,1-2H3. The molecule has 94 valence electrons. The number of aryl methyl sites for hydroxylation is 1. The fourth-order valence-electron chi connectivity index (χ4n) is 2.58. The van der Waals surface area contributed by atoms with Crippen molar-refractivity contribution in [2.45, 2.75) is 33.1 Å². The predicted octanol–water partition coefficient (Wildman–Crippen LogP) is 2.73. The van der Waals surface area contributed by atoms with Crippen LogP contribution in [-0.2, 0) is 6.42 Å². The Hall–Kier alpha value is -1.02. The van der Waals surface area contributed by atoms with Crippen molar-refractivity contribution in [1.29, 1.82) is 0 Å². The summed E-state index contributed by atoms with van der Waals surface area (Å²) in [5.74, 6) is 0.892. The Kier molecular flexibility index (Phi) is 4.06. The maximum Gasteiger partial charge on any atom is 0.0369 e. The summed E-state index contributed by atoms with van der Waals surface area (Å²) >= 11 is 0. The van der Waals surface area contributed by atoms with Crippen molar-refractivity contribution >= 4 is 5.69 Å². The number of nitrogens with zero attached hydrogens (tertiary/aromatic N) is 1. The van der Waals surface area contributed by atoms with Gasteiger partial charge in [-0.05, 0) is 61.9 Å². The lowest BCUT2D eigenvalue weighted by Crippen LogP contribution is -2.32. The minimum Gasteiger partial charge on any atom is -0.372 e. The van der Waals surface area contributed by atoms with E-state index in [-0.39, 0.29) is 0 Å². The maximum absolute atomic E-state index is 5.62. The zero-order valence-electron chi connectivity index (χ0n) is 11.1. The molecule has 2 heteroatoms. The summed E-state index contributed by atoms with van der Waals surface area (Å²) in [4.78, 5) is 2.51. The molecule has 17 heavy (non-hydrogen) atoms. The molecule has 0 aromatic heterocycles. The second-order valence-electron chi connectivity index (χ2n) is 5.32. The predicted molar refractivity (Wildman–Crippen MR) is 74.5 cm³/mol. The molecule has 1 aromatic rings. The number of piperidine rings is 1. The first kappa shape index (κ1) is 12.4. The molecule has 2 nitrogen and oxygen atoms in total. The summed E-state index contributed by atoms with van der Waals surface area (Å²) in [6.45, 7) is 7.70. The Balaban J connectivity index is 2.09. The fourth-order valence-corrected chi connectivity index (χ4v) is 2.58. The molecule has 1 saturated heterocycles. The molecule has 0 aliphatic carbocycles. The van der Waals surface area contributed by atoms with E-state index in [1.807, 2.05) is 0 Å². The van der Waals surface area contributed by atoms with E-state index < -0.39 is 0 Å². The van der Waals surface area contributed by atoms with Gasteiger partial charge in [-0.3, -0.25) is 0 Å². The lowest BCUT2D eigenvalue weighted by Gasteiger charge is -2.32. The number of rotatable bonds is 3. The van der Waals surface area contributed by atoms with Crippen LogP contribution in [0.5, 0.6) is 0 Å². The van der Waals surface area contributed by atoms with Crippen molar-refractivity contribution in [2.24, 2.45) is 11.7 Å². The summed E-state index contributed by atoms with van der Waals surface area (Å²) in [6, 6.07) is 6.82. The van der Waals surface area contributed by atoms with E-state index in [9.17, 15) is 0 Å². The van der Waals surface area contributed by atoms with E-state index >= 15 is 0 Å². The molecule has 0 radical (unpaired) electrons. The number of benzene rings is 1. The summed E-state index contributed by atoms with van der Waals surface area (Å²) in [5, 5.41) is 0. The minimum absolute atomic E-state index is 0.738. The Morgan fingerprint density at radius 3 is 2.59 bits per heavy atom. The van der Waals surface area contributed by atoms with Crippen LogP contribution in [0.3, 0.4) is 0 Å². The molecule has 1 fully saturated rings. The SMILES string of the molecule is Cc1cc(N2CCC(C)CC2)ccc1CCN. The number of hydrogen-bond acceptors (Lipinski definition) is 2. The summed E-state index contributed by atoms with van der Waals surface area (Å²) in [7, 11) is 0. The van der Waals surface area contributed by atoms with Crippen molar-refractivity contribution < 1.29 is 0 Å². The normalized spacial score (nSPS) is 17.5. The van der Waals surface area contributed by atoms with Crippen molar-refractivity contribution in [3.63, 3.8) is 0 Å². The first-order valence-corrected chi connectivity index (χ1v) is 6.75. The molecule has 1 aliphatic rings. The molecule has 2 N–H and O–H groups in total. The van der Waals surface area contributed by atoms with Crippen LogP contribution in [0.15, 0.2) is 18.2 Å². The third-order valence-corrected chi connectivity index (χ3v) is 3.89. The van der Waals surface area contributed by atoms with Crippen LogP contribution in [0.2, 0.25) is 0 Å². The second-order valence-corrected chi connectivity index (χ2v) is 5.32. The maximum atomic E-state index is 5.62. The Morgan fingerprint density at radius 1 is 1.29 bits per heavy atom. The van der Waals surface area contributed by atoms with Crippen LogP contribution in [0.25, 0.3) is 0 Å². The fraction of sp³-hybridized carbons (Fsp3) is 0.600. The number of nitrogens with two attached hydrogens (primary N) is 1. The first-order valence-electron chi connectivity index (χ1n) is 6.75. The Bertz CT molecular complexity index is 365. The minimum atomic E-state index is 0.738. The van der Waals surface area contributed by atoms with Gasteiger partial charge >= 0.3 is 0 Å². The zero-order chi connectivity index (χ0) is 12.3. The van der Waals surface area contributed by atoms with Gasteiger partial charge in [0.25, 0.3) is 0 Å². The molecule has 0 saturated carbocycles. The van der Waals surface area contributed by atoms with Crippen LogP contribution in [0.4, 0.5) is 5.69 Å². The van der Waals surface area contributed by atoms with Crippen molar-refractivity contribution in [1.82, 2.24) is 0 Å². The van der Waals surface area contributed by atoms with Crippen molar-refractivity contribution in [2.75, 3.05) is 24.5 Å². The van der Waals surface area contributed by atoms with Gasteiger partial charge in [-0.2, -0.15) is 0 Å². The molecule has 0 atom stereocenters. The van der Waals surface area contributed by atoms with E-state index in [0.29, 0.717) is 0 Å². The largest absolute Gasteiger partial charge is 0.372 e. The van der Waals surface area contributed by atoms with Gasteiger partial charge < -0.3 is 10.6 Å². The van der Waals surface area contributed by atoms with Gasteiger partial charge in [0.1, 0.15) is 0 Å². The van der Waals surface area contributed by atoms with Crippen LogP contribution in [-0.4, -0.2) is 19.6 Å². The Labute approximate surface area is 105 Å². The molecule has 1 heterocycles. The highest BCUT2D eigenvalue weighted by molar-refractivity contribution is 5.51. The third-order valence-electron chi connectivity index (χ3n) is 3.89. The van der Waals surface area contributed by atoms with Gasteiger partial charge in [-0.1, -0.05) is 13.0 Å². The monoisotopic (exact) mass is 232 g/mol. The highest BCUT2D eigenvalue weighted by Gasteiger charge is 2.16. The van der Waals surface area contributed by atoms with Crippen LogP contribution >= 0.6 is 0 Å². The van der Waals surface area contributed by atoms with Crippen LogP contribution in [0, 0.1) is 12.8 Å². The van der Waals surface area contributed by atoms with Crippen LogP contribution in [0.1, 0.15) is 30.9 Å². The molecule has 2 rings (SSSR count). The van der Waals surface area contributed by atoms with Crippen molar-refractivity contribution in [3.05, 3.63) is 29.3 Å². The highest BCUT2D eigenvalue weighted by atomic mass is 15.1. The molecule has 1 aromatic carbocycles. The average molecular weight is 232 g/mol. The van der Waals surface area contributed by atoms with E-state index in [1.54, 1.807) is 0 Å². The number of anilines is 1. The van der Waals surface area contributed by atoms with Gasteiger partial charge in [0, 0.05) is 18.8 Å². The van der Waals surface area contributed by atoms with Gasteiger partial charge in [0.05, 0.1) is 0 Å². The van der Waals surface area contributed by atoms with Crippen LogP contribution < -0.4 is 10.6 Å². The van der Waals surface area contributed by atoms with Gasteiger partial charge in [0.15, 0.2) is 0 Å². The highest BCUT2D eigenvalue weighted by Crippen LogP contribution is 2.25. The Morgan fingerprint density at radius 2 is 2.00 bits per heavy atom. The summed E-state index contributed by atoms with van der Waals surface area (Å²) in [5.41, 5.74) is 9.77. The molecular formula is C15H24N2. The van der Waals surface area contributed by atoms with E-state index in [2.05, 4.69) is 36.9 Å². The molecular weight excluding hydrogens is 208 g/mol. The molecule has 0 spiro atoms. The van der Waals surface area contributed by atoms with Gasteiger partial charge in [0.2, 0.25) is 0 Å². The first-order chi connectivity index (χ1) is 8.20. The van der Waals surface area contributed by atoms with Crippen molar-refractivity contribution in [3.8, 4) is 0 Å². The molecule has 0 amide bonds. The van der Waals surface area contributed by atoms with E-state index in [0.717, 1.165) is 18.9 Å². The third kappa shape index (κ3) is 3.01. The smallest absolute Gasteiger partial charge is 0.0369 e. The average Bonchev–Trinajstić information content (AvgIpc) is 2.33. The number of hydrogen-bond donors (Lipinski definition) is 1. The molecule has 0 bridgehead atoms. The second kappa shape index (κ2) is 5.54. The van der Waals surface area contributed by atoms with Gasteiger partial charge in [-0.15, -0.1) is 0 Å². The zero-order valence-corrected chi connectivity index (χ0v) is 11.1. The van der Waals surface area contributed by atoms with E-state index in [4.69, 9.17) is 5.73 Å². The molecule has 0 unspecified atom stereocenters. The summed E-state index contributed by atoms with van der Waals surface area (Å²) in [6.07, 6.45) is 3.64. The topological polar surface area (TPSA) is 29.3 Å². The lowest BCUT2D eigenvalue weighted by molar-refractivity contribution is 0.438. The lowest BCUT2D eigenvalue weighted by atomic mass is 9.98. The summed E-state index contributed by atoms with van der Waals surface area (Å²) < 4.78 is 0. The van der Waals surface area contributed by atoms with Gasteiger partial charge in [-0.25, -0.2) is 0 Å². The quantitative estimate of drug-likeness (QED) is 0.868. The van der Waals surface area contributed by atoms with E-state index in [1.165, 1.54) is 42.7 Å². The molecule has 1 aliphatic heterocycles.